The highest BCUT2D eigenvalue weighted by atomic mass is 16.5. The molecule has 130 valence electrons. The van der Waals surface area contributed by atoms with E-state index in [9.17, 15) is 5.11 Å². The van der Waals surface area contributed by atoms with E-state index in [0.717, 1.165) is 11.3 Å². The largest absolute Gasteiger partial charge is 0.508 e. The van der Waals surface area contributed by atoms with Gasteiger partial charge in [-0.2, -0.15) is 0 Å². The highest BCUT2D eigenvalue weighted by Crippen LogP contribution is 2.24. The van der Waals surface area contributed by atoms with Crippen LogP contribution in [0.5, 0.6) is 11.5 Å². The maximum Gasteiger partial charge on any atom is 0.142 e. The van der Waals surface area contributed by atoms with Crippen LogP contribution >= 0.6 is 0 Å². The Kier molecular flexibility index (Phi) is 6.23. The number of hydrogen-bond acceptors (Lipinski definition) is 4. The summed E-state index contributed by atoms with van der Waals surface area (Å²) >= 11 is 0. The quantitative estimate of drug-likeness (QED) is 0.778. The van der Waals surface area contributed by atoms with Crippen LogP contribution in [0, 0.1) is 0 Å². The lowest BCUT2D eigenvalue weighted by molar-refractivity contribution is 0.118. The van der Waals surface area contributed by atoms with Crippen molar-refractivity contribution >= 4 is 0 Å². The molecular weight excluding hydrogens is 300 g/mol. The molecule has 1 N–H and O–H groups in total. The van der Waals surface area contributed by atoms with E-state index in [1.807, 2.05) is 31.3 Å². The normalized spacial score (nSPS) is 14.0. The topological polar surface area (TPSA) is 35.9 Å². The Labute approximate surface area is 145 Å². The van der Waals surface area contributed by atoms with Crippen LogP contribution in [-0.2, 0) is 0 Å². The molecular formula is C20H28N2O2. The zero-order valence-electron chi connectivity index (χ0n) is 15.2. The number of nitrogens with zero attached hydrogens (tertiary/aromatic N) is 2. The number of benzene rings is 2. The van der Waals surface area contributed by atoms with E-state index in [2.05, 4.69) is 49.9 Å². The minimum absolute atomic E-state index is 0.154. The molecule has 0 bridgehead atoms. The van der Waals surface area contributed by atoms with Gasteiger partial charge in [-0.3, -0.25) is 4.90 Å². The average Bonchev–Trinajstić information content (AvgIpc) is 2.58. The molecule has 0 amide bonds. The lowest BCUT2D eigenvalue weighted by atomic mass is 10.1. The minimum atomic E-state index is 0.154. The summed E-state index contributed by atoms with van der Waals surface area (Å²) in [7, 11) is 6.16. The lowest BCUT2D eigenvalue weighted by Crippen LogP contribution is -2.27. The molecule has 0 heterocycles. The molecule has 4 nitrogen and oxygen atoms in total. The van der Waals surface area contributed by atoms with E-state index >= 15 is 0 Å². The lowest BCUT2D eigenvalue weighted by Gasteiger charge is -2.25. The number of hydrogen-bond donors (Lipinski definition) is 1. The standard InChI is InChI=1S/C20H28N2O2/c1-15(21(3)4)18-9-7-11-20(13-18)24-14-22(5)16(2)17-8-6-10-19(23)12-17/h6-13,15-16,23H,14H2,1-5H3. The first-order chi connectivity index (χ1) is 11.4. The predicted octanol–water partition coefficient (Wildman–Crippen LogP) is 4.04. The molecule has 0 fully saturated rings. The third kappa shape index (κ3) is 4.73. The fourth-order valence-electron chi connectivity index (χ4n) is 2.49. The van der Waals surface area contributed by atoms with Crippen molar-refractivity contribution in [2.45, 2.75) is 25.9 Å². The molecule has 0 aromatic heterocycles. The van der Waals surface area contributed by atoms with Crippen molar-refractivity contribution < 1.29 is 9.84 Å². The van der Waals surface area contributed by atoms with Crippen LogP contribution in [0.15, 0.2) is 48.5 Å². The molecule has 0 radical (unpaired) electrons. The van der Waals surface area contributed by atoms with Gasteiger partial charge in [-0.1, -0.05) is 24.3 Å². The zero-order chi connectivity index (χ0) is 17.7. The summed E-state index contributed by atoms with van der Waals surface area (Å²) in [5, 5.41) is 9.63. The molecule has 0 spiro atoms. The molecule has 0 saturated carbocycles. The second kappa shape index (κ2) is 8.18. The van der Waals surface area contributed by atoms with Crippen LogP contribution in [0.4, 0.5) is 0 Å². The Bertz CT molecular complexity index is 658. The van der Waals surface area contributed by atoms with E-state index in [4.69, 9.17) is 4.74 Å². The van der Waals surface area contributed by atoms with Gasteiger partial charge in [0.05, 0.1) is 0 Å². The molecule has 0 aliphatic carbocycles. The smallest absolute Gasteiger partial charge is 0.142 e. The molecule has 4 heteroatoms. The second-order valence-electron chi connectivity index (χ2n) is 6.51. The van der Waals surface area contributed by atoms with Crippen LogP contribution in [0.1, 0.15) is 37.1 Å². The van der Waals surface area contributed by atoms with Gasteiger partial charge in [-0.05, 0) is 70.4 Å². The van der Waals surface area contributed by atoms with Crippen LogP contribution in [0.3, 0.4) is 0 Å². The van der Waals surface area contributed by atoms with E-state index in [0.29, 0.717) is 18.5 Å². The summed E-state index contributed by atoms with van der Waals surface area (Å²) in [6, 6.07) is 16.1. The van der Waals surface area contributed by atoms with Gasteiger partial charge in [0.1, 0.15) is 18.2 Å². The molecule has 2 atom stereocenters. The summed E-state index contributed by atoms with van der Waals surface area (Å²) in [6.07, 6.45) is 0. The fraction of sp³-hybridized carbons (Fsp3) is 0.400. The van der Waals surface area contributed by atoms with Crippen LogP contribution < -0.4 is 4.74 Å². The summed E-state index contributed by atoms with van der Waals surface area (Å²) in [5.74, 6) is 1.16. The number of aromatic hydroxyl groups is 1. The van der Waals surface area contributed by atoms with Gasteiger partial charge in [-0.15, -0.1) is 0 Å². The number of rotatable bonds is 7. The van der Waals surface area contributed by atoms with Crippen molar-refractivity contribution in [3.8, 4) is 11.5 Å². The van der Waals surface area contributed by atoms with Gasteiger partial charge in [0.15, 0.2) is 0 Å². The number of phenolic OH excluding ortho intramolecular Hbond substituents is 1. The van der Waals surface area contributed by atoms with E-state index in [1.54, 1.807) is 12.1 Å². The Hall–Kier alpha value is -2.04. The first-order valence-corrected chi connectivity index (χ1v) is 8.27. The van der Waals surface area contributed by atoms with Crippen molar-refractivity contribution in [2.75, 3.05) is 27.9 Å². The van der Waals surface area contributed by atoms with Crippen molar-refractivity contribution in [1.82, 2.24) is 9.80 Å². The highest BCUT2D eigenvalue weighted by Gasteiger charge is 2.13. The molecule has 2 rings (SSSR count). The fourth-order valence-corrected chi connectivity index (χ4v) is 2.49. The molecule has 24 heavy (non-hydrogen) atoms. The van der Waals surface area contributed by atoms with Gasteiger partial charge in [0.25, 0.3) is 0 Å². The van der Waals surface area contributed by atoms with Crippen molar-refractivity contribution in [3.05, 3.63) is 59.7 Å². The molecule has 2 aromatic rings. The van der Waals surface area contributed by atoms with Gasteiger partial charge >= 0.3 is 0 Å². The molecule has 2 unspecified atom stereocenters. The molecule has 0 aliphatic rings. The Morgan fingerprint density at radius 1 is 0.917 bits per heavy atom. The van der Waals surface area contributed by atoms with Gasteiger partial charge < -0.3 is 14.7 Å². The Morgan fingerprint density at radius 2 is 1.54 bits per heavy atom. The SMILES string of the molecule is CC(c1cccc(OCN(C)C(C)c2cccc(O)c2)c1)N(C)C. The first kappa shape index (κ1) is 18.3. The zero-order valence-corrected chi connectivity index (χ0v) is 15.2. The maximum atomic E-state index is 9.63. The summed E-state index contributed by atoms with van der Waals surface area (Å²) in [4.78, 5) is 4.28. The van der Waals surface area contributed by atoms with Crippen molar-refractivity contribution in [3.63, 3.8) is 0 Å². The van der Waals surface area contributed by atoms with Crippen LogP contribution in [-0.4, -0.2) is 42.8 Å². The number of ether oxygens (including phenoxy) is 1. The van der Waals surface area contributed by atoms with Crippen LogP contribution in [0.2, 0.25) is 0 Å². The van der Waals surface area contributed by atoms with Crippen molar-refractivity contribution in [2.24, 2.45) is 0 Å². The first-order valence-electron chi connectivity index (χ1n) is 8.27. The van der Waals surface area contributed by atoms with Gasteiger partial charge in [0, 0.05) is 12.1 Å². The molecule has 0 aliphatic heterocycles. The van der Waals surface area contributed by atoms with Gasteiger partial charge in [0.2, 0.25) is 0 Å². The highest BCUT2D eigenvalue weighted by molar-refractivity contribution is 5.31. The summed E-state index contributed by atoms with van der Waals surface area (Å²) in [5.41, 5.74) is 2.30. The third-order valence-corrected chi connectivity index (χ3v) is 4.56. The van der Waals surface area contributed by atoms with E-state index < -0.39 is 0 Å². The minimum Gasteiger partial charge on any atom is -0.508 e. The maximum absolute atomic E-state index is 9.63. The van der Waals surface area contributed by atoms with Gasteiger partial charge in [-0.25, -0.2) is 0 Å². The molecule has 0 saturated heterocycles. The second-order valence-corrected chi connectivity index (χ2v) is 6.51. The summed E-state index contributed by atoms with van der Waals surface area (Å²) in [6.45, 7) is 4.76. The Balaban J connectivity index is 1.98. The number of phenols is 1. The van der Waals surface area contributed by atoms with E-state index in [1.165, 1.54) is 5.56 Å². The monoisotopic (exact) mass is 328 g/mol. The predicted molar refractivity (Wildman–Crippen MR) is 98.3 cm³/mol. The van der Waals surface area contributed by atoms with E-state index in [-0.39, 0.29) is 6.04 Å². The Morgan fingerprint density at radius 3 is 2.17 bits per heavy atom. The summed E-state index contributed by atoms with van der Waals surface area (Å²) < 4.78 is 5.96. The third-order valence-electron chi connectivity index (χ3n) is 4.56. The average molecular weight is 328 g/mol. The molecule has 2 aromatic carbocycles. The van der Waals surface area contributed by atoms with Crippen molar-refractivity contribution in [1.29, 1.82) is 0 Å². The van der Waals surface area contributed by atoms with Crippen LogP contribution in [0.25, 0.3) is 0 Å².